The number of amidine groups is 1. The number of hydrogen-bond donors (Lipinski definition) is 1. The van der Waals surface area contributed by atoms with Gasteiger partial charge in [-0.15, -0.1) is 12.4 Å². The quantitative estimate of drug-likeness (QED) is 0.261. The molecule has 0 unspecified atom stereocenters. The standard InChI is InChI=1S/C38H44Cl2N6O5S.ClH/c1-2-51-32-24-31(43-18-5-3-6-19-43)33(52(49,50)45-20-7-4-8-21-45)23-30(32)37-42-35(26-9-13-28(39)14-10-26)36(27-11-15-29(40)16-12-27)46(37)38(48)44-22-17-41-34(47)25-44;/h9-16,23-24,35-36H,2-8,17-22,25H2,1H3,(H,41,47);1H/t35-,36+;/m0./s1. The van der Waals surface area contributed by atoms with Crippen molar-refractivity contribution >= 4 is 69.1 Å². The maximum atomic E-state index is 14.9. The summed E-state index contributed by atoms with van der Waals surface area (Å²) < 4.78 is 37.3. The SMILES string of the molecule is CCOc1cc(N2CCCCC2)c(S(=O)(=O)N2CCCCC2)cc1C1=N[C@@H](c2ccc(Cl)cc2)[C@@H](c2ccc(Cl)cc2)N1C(=O)N1CCNC(=O)C1.Cl. The third-order valence-corrected chi connectivity index (χ3v) is 12.7. The number of sulfonamides is 1. The van der Waals surface area contributed by atoms with E-state index in [1.165, 1.54) is 4.90 Å². The van der Waals surface area contributed by atoms with Crippen LogP contribution >= 0.6 is 35.6 Å². The molecule has 0 bridgehead atoms. The zero-order chi connectivity index (χ0) is 36.4. The van der Waals surface area contributed by atoms with Gasteiger partial charge in [-0.1, -0.05) is 53.9 Å². The largest absolute Gasteiger partial charge is 0.493 e. The first-order chi connectivity index (χ1) is 25.2. The van der Waals surface area contributed by atoms with Gasteiger partial charge in [0.15, 0.2) is 0 Å². The fraction of sp³-hybridized carbons (Fsp3) is 0.447. The minimum atomic E-state index is -3.95. The lowest BCUT2D eigenvalue weighted by Crippen LogP contribution is -2.55. The van der Waals surface area contributed by atoms with Crippen LogP contribution in [0.25, 0.3) is 0 Å². The number of nitrogens with zero attached hydrogens (tertiary/aromatic N) is 5. The minimum absolute atomic E-state index is 0. The Balaban J connectivity index is 0.00000481. The van der Waals surface area contributed by atoms with Gasteiger partial charge in [0.25, 0.3) is 0 Å². The second-order valence-electron chi connectivity index (χ2n) is 13.6. The second kappa shape index (κ2) is 16.9. The number of rotatable bonds is 8. The van der Waals surface area contributed by atoms with Gasteiger partial charge in [-0.3, -0.25) is 14.7 Å². The topological polar surface area (TPSA) is 115 Å². The number of benzene rings is 3. The van der Waals surface area contributed by atoms with Crippen molar-refractivity contribution < 1.29 is 22.7 Å². The molecule has 3 aromatic rings. The molecule has 53 heavy (non-hydrogen) atoms. The Kier molecular flexibility index (Phi) is 12.5. The summed E-state index contributed by atoms with van der Waals surface area (Å²) in [5.41, 5.74) is 2.56. The number of carbonyl (C=O) groups is 2. The van der Waals surface area contributed by atoms with Crippen molar-refractivity contribution in [2.24, 2.45) is 4.99 Å². The molecule has 11 nitrogen and oxygen atoms in total. The molecular weight excluding hydrogens is 759 g/mol. The number of nitrogens with one attached hydrogen (secondary N) is 1. The maximum absolute atomic E-state index is 14.9. The van der Waals surface area contributed by atoms with Gasteiger partial charge in [0.1, 0.15) is 29.1 Å². The Morgan fingerprint density at radius 1 is 0.868 bits per heavy atom. The van der Waals surface area contributed by atoms with Crippen LogP contribution in [0.3, 0.4) is 0 Å². The first kappa shape index (κ1) is 39.2. The summed E-state index contributed by atoms with van der Waals surface area (Å²) in [5.74, 6) is 0.435. The molecule has 0 aliphatic carbocycles. The molecule has 284 valence electrons. The maximum Gasteiger partial charge on any atom is 0.326 e. The molecule has 1 N–H and O–H groups in total. The van der Waals surface area contributed by atoms with E-state index < -0.39 is 28.1 Å². The van der Waals surface area contributed by atoms with Crippen molar-refractivity contribution in [3.8, 4) is 5.75 Å². The number of aliphatic imine (C=N–C) groups is 1. The molecule has 0 spiro atoms. The van der Waals surface area contributed by atoms with Crippen molar-refractivity contribution in [2.45, 2.75) is 62.4 Å². The van der Waals surface area contributed by atoms with Crippen LogP contribution in [0.2, 0.25) is 10.0 Å². The van der Waals surface area contributed by atoms with E-state index in [0.29, 0.717) is 59.8 Å². The molecule has 3 amide bonds. The highest BCUT2D eigenvalue weighted by Crippen LogP contribution is 2.47. The number of amides is 3. The lowest BCUT2D eigenvalue weighted by Gasteiger charge is -2.36. The molecule has 3 fully saturated rings. The van der Waals surface area contributed by atoms with Crippen LogP contribution in [0.4, 0.5) is 10.5 Å². The second-order valence-corrected chi connectivity index (χ2v) is 16.4. The van der Waals surface area contributed by atoms with Gasteiger partial charge in [-0.25, -0.2) is 13.2 Å². The molecule has 3 aromatic carbocycles. The number of hydrogen-bond acceptors (Lipinski definition) is 7. The van der Waals surface area contributed by atoms with Gasteiger partial charge in [0.05, 0.1) is 23.9 Å². The summed E-state index contributed by atoms with van der Waals surface area (Å²) >= 11 is 12.7. The summed E-state index contributed by atoms with van der Waals surface area (Å²) in [7, 11) is -3.95. The van der Waals surface area contributed by atoms with Crippen LogP contribution in [0, 0.1) is 0 Å². The van der Waals surface area contributed by atoms with Gasteiger partial charge in [0, 0.05) is 55.4 Å². The number of piperazine rings is 1. The van der Waals surface area contributed by atoms with Crippen molar-refractivity contribution in [1.82, 2.24) is 19.4 Å². The predicted octanol–water partition coefficient (Wildman–Crippen LogP) is 7.08. The van der Waals surface area contributed by atoms with E-state index in [1.54, 1.807) is 39.5 Å². The third kappa shape index (κ3) is 8.12. The summed E-state index contributed by atoms with van der Waals surface area (Å²) in [5, 5.41) is 3.90. The van der Waals surface area contributed by atoms with Gasteiger partial charge >= 0.3 is 6.03 Å². The number of halogens is 3. The van der Waals surface area contributed by atoms with Crippen LogP contribution in [-0.2, 0) is 14.8 Å². The highest BCUT2D eigenvalue weighted by molar-refractivity contribution is 7.89. The summed E-state index contributed by atoms with van der Waals surface area (Å²) in [6, 6.07) is 16.4. The zero-order valence-corrected chi connectivity index (χ0v) is 32.8. The molecule has 15 heteroatoms. The molecule has 0 aromatic heterocycles. The number of ether oxygens (including phenoxy) is 1. The van der Waals surface area contributed by atoms with Crippen molar-refractivity contribution in [2.75, 3.05) is 57.3 Å². The first-order valence-electron chi connectivity index (χ1n) is 18.2. The van der Waals surface area contributed by atoms with Crippen LogP contribution in [0.1, 0.15) is 74.2 Å². The average Bonchev–Trinajstić information content (AvgIpc) is 3.56. The number of carbonyl (C=O) groups excluding carboxylic acids is 2. The van der Waals surface area contributed by atoms with Crippen molar-refractivity contribution in [1.29, 1.82) is 0 Å². The van der Waals surface area contributed by atoms with Gasteiger partial charge < -0.3 is 19.9 Å². The van der Waals surface area contributed by atoms with Crippen LogP contribution < -0.4 is 15.0 Å². The summed E-state index contributed by atoms with van der Waals surface area (Å²) in [6.45, 7) is 5.02. The molecule has 4 heterocycles. The van der Waals surface area contributed by atoms with Crippen molar-refractivity contribution in [3.05, 3.63) is 87.4 Å². The van der Waals surface area contributed by atoms with Gasteiger partial charge in [-0.05, 0) is 80.5 Å². The Morgan fingerprint density at radius 2 is 1.47 bits per heavy atom. The van der Waals surface area contributed by atoms with E-state index in [-0.39, 0.29) is 35.6 Å². The molecular formula is C38H45Cl3N6O5S. The van der Waals surface area contributed by atoms with E-state index in [4.69, 9.17) is 32.9 Å². The van der Waals surface area contributed by atoms with E-state index in [1.807, 2.05) is 37.3 Å². The normalized spacial score (nSPS) is 21.2. The monoisotopic (exact) mass is 802 g/mol. The molecule has 4 aliphatic heterocycles. The van der Waals surface area contributed by atoms with E-state index in [0.717, 1.165) is 62.7 Å². The average molecular weight is 804 g/mol. The molecule has 2 atom stereocenters. The first-order valence-corrected chi connectivity index (χ1v) is 20.3. The molecule has 4 aliphatic rings. The Bertz CT molecular complexity index is 1930. The van der Waals surface area contributed by atoms with Gasteiger partial charge in [-0.2, -0.15) is 4.31 Å². The van der Waals surface area contributed by atoms with E-state index >= 15 is 0 Å². The molecule has 3 saturated heterocycles. The number of piperidine rings is 2. The highest BCUT2D eigenvalue weighted by atomic mass is 35.5. The predicted molar refractivity (Wildman–Crippen MR) is 210 cm³/mol. The van der Waals surface area contributed by atoms with E-state index in [2.05, 4.69) is 10.2 Å². The van der Waals surface area contributed by atoms with Crippen LogP contribution in [0.15, 0.2) is 70.6 Å². The number of urea groups is 1. The minimum Gasteiger partial charge on any atom is -0.493 e. The molecule has 7 rings (SSSR count). The molecule has 0 radical (unpaired) electrons. The highest BCUT2D eigenvalue weighted by Gasteiger charge is 2.46. The lowest BCUT2D eigenvalue weighted by molar-refractivity contribution is -0.123. The Morgan fingerprint density at radius 3 is 2.08 bits per heavy atom. The van der Waals surface area contributed by atoms with Crippen LogP contribution in [-0.4, -0.2) is 92.7 Å². The number of anilines is 1. The Hall–Kier alpha value is -3.55. The van der Waals surface area contributed by atoms with Gasteiger partial charge in [0.2, 0.25) is 15.9 Å². The lowest BCUT2D eigenvalue weighted by atomic mass is 9.93. The fourth-order valence-electron chi connectivity index (χ4n) is 7.64. The molecule has 0 saturated carbocycles. The summed E-state index contributed by atoms with van der Waals surface area (Å²) in [6.07, 6.45) is 5.58. The Labute approximate surface area is 327 Å². The third-order valence-electron chi connectivity index (χ3n) is 10.2. The fourth-order valence-corrected chi connectivity index (χ4v) is 9.63. The zero-order valence-electron chi connectivity index (χ0n) is 29.7. The summed E-state index contributed by atoms with van der Waals surface area (Å²) in [4.78, 5) is 38.2. The smallest absolute Gasteiger partial charge is 0.326 e. The van der Waals surface area contributed by atoms with Crippen LogP contribution in [0.5, 0.6) is 5.75 Å². The van der Waals surface area contributed by atoms with Crippen molar-refractivity contribution in [3.63, 3.8) is 0 Å². The van der Waals surface area contributed by atoms with E-state index in [9.17, 15) is 18.0 Å².